The first-order valence-electron chi connectivity index (χ1n) is 11.8. The van der Waals surface area contributed by atoms with Gasteiger partial charge in [-0.25, -0.2) is 0 Å². The number of ether oxygens (including phenoxy) is 1. The van der Waals surface area contributed by atoms with Gasteiger partial charge in [0.1, 0.15) is 5.75 Å². The zero-order valence-electron chi connectivity index (χ0n) is 20.5. The van der Waals surface area contributed by atoms with Crippen LogP contribution < -0.4 is 20.3 Å². The lowest BCUT2D eigenvalue weighted by atomic mass is 10.1. The molecule has 1 fully saturated rings. The third-order valence-electron chi connectivity index (χ3n) is 6.20. The molecular formula is C27H29BrN4O3S. The minimum atomic E-state index is -0.367. The SMILES string of the molecule is COc1c(C(=O)NC(=S)Nc2ccccc2N2CCN(C(=O)C(C)C)CC2)cc2ccccc2c1Br. The molecule has 0 saturated carbocycles. The molecule has 0 bridgehead atoms. The Morgan fingerprint density at radius 3 is 2.39 bits per heavy atom. The zero-order valence-corrected chi connectivity index (χ0v) is 22.9. The van der Waals surface area contributed by atoms with Crippen LogP contribution in [0.15, 0.2) is 59.1 Å². The van der Waals surface area contributed by atoms with Crippen molar-refractivity contribution in [3.8, 4) is 5.75 Å². The van der Waals surface area contributed by atoms with Gasteiger partial charge in [0.25, 0.3) is 5.91 Å². The van der Waals surface area contributed by atoms with Crippen molar-refractivity contribution in [2.75, 3.05) is 43.5 Å². The van der Waals surface area contributed by atoms with Crippen LogP contribution in [0.2, 0.25) is 0 Å². The van der Waals surface area contributed by atoms with E-state index in [1.54, 1.807) is 6.07 Å². The molecule has 2 N–H and O–H groups in total. The number of methoxy groups -OCH3 is 1. The maximum absolute atomic E-state index is 13.2. The Labute approximate surface area is 224 Å². The van der Waals surface area contributed by atoms with Crippen LogP contribution in [-0.4, -0.2) is 55.1 Å². The number of halogens is 1. The molecule has 0 unspecified atom stereocenters. The van der Waals surface area contributed by atoms with Gasteiger partial charge in [0, 0.05) is 32.1 Å². The van der Waals surface area contributed by atoms with Gasteiger partial charge >= 0.3 is 0 Å². The van der Waals surface area contributed by atoms with Gasteiger partial charge in [-0.05, 0) is 57.1 Å². The summed E-state index contributed by atoms with van der Waals surface area (Å²) in [6, 6.07) is 17.4. The highest BCUT2D eigenvalue weighted by Gasteiger charge is 2.24. The van der Waals surface area contributed by atoms with Crippen molar-refractivity contribution >= 4 is 67.2 Å². The van der Waals surface area contributed by atoms with E-state index in [0.29, 0.717) is 28.9 Å². The molecule has 1 heterocycles. The molecular weight excluding hydrogens is 540 g/mol. The van der Waals surface area contributed by atoms with Crippen molar-refractivity contribution in [3.63, 3.8) is 0 Å². The smallest absolute Gasteiger partial charge is 0.261 e. The molecule has 0 spiro atoms. The number of hydrogen-bond donors (Lipinski definition) is 2. The molecule has 2 amide bonds. The van der Waals surface area contributed by atoms with Crippen molar-refractivity contribution in [1.82, 2.24) is 10.2 Å². The third-order valence-corrected chi connectivity index (χ3v) is 7.19. The normalized spacial score (nSPS) is 13.6. The molecule has 0 aromatic heterocycles. The molecule has 1 saturated heterocycles. The molecule has 1 aliphatic heterocycles. The predicted molar refractivity (Wildman–Crippen MR) is 152 cm³/mol. The number of anilines is 2. The van der Waals surface area contributed by atoms with Gasteiger partial charge in [-0.1, -0.05) is 50.2 Å². The van der Waals surface area contributed by atoms with Gasteiger partial charge in [-0.2, -0.15) is 0 Å². The monoisotopic (exact) mass is 568 g/mol. The lowest BCUT2D eigenvalue weighted by molar-refractivity contribution is -0.134. The number of rotatable bonds is 5. The largest absolute Gasteiger partial charge is 0.495 e. The quantitative estimate of drug-likeness (QED) is 0.420. The minimum absolute atomic E-state index is 0.00617. The second-order valence-electron chi connectivity index (χ2n) is 8.88. The summed E-state index contributed by atoms with van der Waals surface area (Å²) < 4.78 is 6.25. The number of nitrogens with zero attached hydrogens (tertiary/aromatic N) is 2. The Hall–Kier alpha value is -3.17. The third kappa shape index (κ3) is 5.47. The van der Waals surface area contributed by atoms with Gasteiger partial charge < -0.3 is 19.9 Å². The molecule has 1 aliphatic rings. The molecule has 0 aliphatic carbocycles. The Balaban J connectivity index is 1.47. The van der Waals surface area contributed by atoms with Crippen LogP contribution in [0.3, 0.4) is 0 Å². The summed E-state index contributed by atoms with van der Waals surface area (Å²) in [5.41, 5.74) is 2.14. The van der Waals surface area contributed by atoms with Crippen LogP contribution in [0.25, 0.3) is 10.8 Å². The van der Waals surface area contributed by atoms with Gasteiger partial charge in [0.05, 0.1) is 28.5 Å². The number of piperazine rings is 1. The lowest BCUT2D eigenvalue weighted by Gasteiger charge is -2.37. The van der Waals surface area contributed by atoms with Gasteiger partial charge in [-0.15, -0.1) is 0 Å². The second kappa shape index (κ2) is 11.3. The number of fused-ring (bicyclic) bond motifs is 1. The van der Waals surface area contributed by atoms with Crippen molar-refractivity contribution in [2.45, 2.75) is 13.8 Å². The molecule has 3 aromatic carbocycles. The van der Waals surface area contributed by atoms with Gasteiger partial charge in [0.15, 0.2) is 5.11 Å². The highest BCUT2D eigenvalue weighted by atomic mass is 79.9. The summed E-state index contributed by atoms with van der Waals surface area (Å²) in [6.07, 6.45) is 0. The van der Waals surface area contributed by atoms with E-state index in [0.717, 1.165) is 35.2 Å². The molecule has 9 heteroatoms. The molecule has 7 nitrogen and oxygen atoms in total. The topological polar surface area (TPSA) is 73.9 Å². The van der Waals surface area contributed by atoms with E-state index < -0.39 is 0 Å². The summed E-state index contributed by atoms with van der Waals surface area (Å²) >= 11 is 9.07. The number of carbonyl (C=O) groups is 2. The number of carbonyl (C=O) groups excluding carboxylic acids is 2. The van der Waals surface area contributed by atoms with Crippen LogP contribution in [0, 0.1) is 5.92 Å². The fraction of sp³-hybridized carbons (Fsp3) is 0.296. The minimum Gasteiger partial charge on any atom is -0.495 e. The van der Waals surface area contributed by atoms with E-state index in [9.17, 15) is 9.59 Å². The number of thiocarbonyl (C=S) groups is 1. The van der Waals surface area contributed by atoms with E-state index in [-0.39, 0.29) is 22.8 Å². The maximum atomic E-state index is 13.2. The van der Waals surface area contributed by atoms with E-state index in [2.05, 4.69) is 31.5 Å². The van der Waals surface area contributed by atoms with Crippen LogP contribution in [-0.2, 0) is 4.79 Å². The summed E-state index contributed by atoms with van der Waals surface area (Å²) in [7, 11) is 1.53. The second-order valence-corrected chi connectivity index (χ2v) is 10.1. The zero-order chi connectivity index (χ0) is 25.8. The molecule has 0 atom stereocenters. The van der Waals surface area contributed by atoms with Gasteiger partial charge in [0.2, 0.25) is 5.91 Å². The van der Waals surface area contributed by atoms with E-state index in [1.165, 1.54) is 7.11 Å². The summed E-state index contributed by atoms with van der Waals surface area (Å²) in [4.78, 5) is 29.6. The highest BCUT2D eigenvalue weighted by Crippen LogP contribution is 2.36. The molecule has 3 aromatic rings. The van der Waals surface area contributed by atoms with E-state index >= 15 is 0 Å². The van der Waals surface area contributed by atoms with Crippen molar-refractivity contribution in [1.29, 1.82) is 0 Å². The van der Waals surface area contributed by atoms with E-state index in [1.807, 2.05) is 67.3 Å². The molecule has 188 valence electrons. The first-order valence-corrected chi connectivity index (χ1v) is 13.0. The summed E-state index contributed by atoms with van der Waals surface area (Å²) in [5.74, 6) is 0.256. The predicted octanol–water partition coefficient (Wildman–Crippen LogP) is 5.04. The van der Waals surface area contributed by atoms with Crippen LogP contribution >= 0.6 is 28.1 Å². The number of amides is 2. The Kier molecular flexibility index (Phi) is 8.11. The summed E-state index contributed by atoms with van der Waals surface area (Å²) in [5, 5.41) is 8.01. The van der Waals surface area contributed by atoms with Crippen molar-refractivity contribution in [3.05, 3.63) is 64.6 Å². The van der Waals surface area contributed by atoms with Crippen LogP contribution in [0.4, 0.5) is 11.4 Å². The average Bonchev–Trinajstić information content (AvgIpc) is 2.88. The fourth-order valence-corrected chi connectivity index (χ4v) is 5.30. The molecule has 36 heavy (non-hydrogen) atoms. The number of benzene rings is 3. The number of hydrogen-bond acceptors (Lipinski definition) is 5. The summed E-state index contributed by atoms with van der Waals surface area (Å²) in [6.45, 7) is 6.63. The number of nitrogens with one attached hydrogen (secondary N) is 2. The Morgan fingerprint density at radius 2 is 1.69 bits per heavy atom. The first-order chi connectivity index (χ1) is 17.3. The first kappa shape index (κ1) is 25.9. The maximum Gasteiger partial charge on any atom is 0.261 e. The Morgan fingerprint density at radius 1 is 1.03 bits per heavy atom. The van der Waals surface area contributed by atoms with Gasteiger partial charge in [-0.3, -0.25) is 14.9 Å². The van der Waals surface area contributed by atoms with Crippen LogP contribution in [0.1, 0.15) is 24.2 Å². The van der Waals surface area contributed by atoms with Crippen LogP contribution in [0.5, 0.6) is 5.75 Å². The highest BCUT2D eigenvalue weighted by molar-refractivity contribution is 9.10. The molecule has 0 radical (unpaired) electrons. The Bertz CT molecular complexity index is 1310. The van der Waals surface area contributed by atoms with E-state index in [4.69, 9.17) is 17.0 Å². The average molecular weight is 570 g/mol. The number of para-hydroxylation sites is 2. The van der Waals surface area contributed by atoms with Crippen molar-refractivity contribution < 1.29 is 14.3 Å². The standard InChI is InChI=1S/C27H29BrN4O3S/c1-17(2)26(34)32-14-12-31(13-15-32)22-11-7-6-10-21(22)29-27(36)30-25(33)20-16-18-8-4-5-9-19(18)23(28)24(20)35-3/h4-11,16-17H,12-15H2,1-3H3,(H2,29,30,33,36). The fourth-order valence-electron chi connectivity index (χ4n) is 4.36. The molecule has 4 rings (SSSR count). The van der Waals surface area contributed by atoms with Crippen molar-refractivity contribution in [2.24, 2.45) is 5.92 Å². The lowest BCUT2D eigenvalue weighted by Crippen LogP contribution is -2.50.